The van der Waals surface area contributed by atoms with Gasteiger partial charge in [0.1, 0.15) is 5.82 Å². The van der Waals surface area contributed by atoms with Crippen LogP contribution in [0.15, 0.2) is 40.7 Å². The van der Waals surface area contributed by atoms with Crippen molar-refractivity contribution >= 4 is 47.2 Å². The zero-order chi connectivity index (χ0) is 18.9. The lowest BCUT2D eigenvalue weighted by Gasteiger charge is -2.15. The molecule has 2 aromatic rings. The van der Waals surface area contributed by atoms with Gasteiger partial charge in [0.05, 0.1) is 0 Å². The Morgan fingerprint density at radius 1 is 1.22 bits per heavy atom. The monoisotopic (exact) mass is 504 g/mol. The van der Waals surface area contributed by atoms with Gasteiger partial charge in [-0.1, -0.05) is 19.1 Å². The van der Waals surface area contributed by atoms with E-state index in [0.717, 1.165) is 6.54 Å². The zero-order valence-electron chi connectivity index (χ0n) is 15.7. The summed E-state index contributed by atoms with van der Waals surface area (Å²) in [6.45, 7) is 5.53. The maximum atomic E-state index is 13.5. The molecule has 1 unspecified atom stereocenters. The maximum Gasteiger partial charge on any atom is 0.251 e. The number of amides is 1. The van der Waals surface area contributed by atoms with Crippen LogP contribution < -0.4 is 16.0 Å². The Morgan fingerprint density at radius 2 is 1.96 bits per heavy atom. The number of thiophene rings is 1. The van der Waals surface area contributed by atoms with E-state index >= 15 is 0 Å². The normalized spacial score (nSPS) is 12.1. The predicted octanol–water partition coefficient (Wildman–Crippen LogP) is 3.51. The van der Waals surface area contributed by atoms with Gasteiger partial charge in [0.25, 0.3) is 5.91 Å². The summed E-state index contributed by atoms with van der Waals surface area (Å²) < 4.78 is 13.5. The van der Waals surface area contributed by atoms with Gasteiger partial charge in [0, 0.05) is 43.0 Å². The molecule has 27 heavy (non-hydrogen) atoms. The quantitative estimate of drug-likeness (QED) is 0.234. The standard InChI is InChI=1S/C19H25FN4OS.HI/c1-13-6-7-15(11-16(13)20)18(25)22-8-9-23-19(21-3)24-12-14(2)17-5-4-10-26-17;/h4-7,10-11,14H,8-9,12H2,1-3H3,(H,22,25)(H2,21,23,24);1H. The highest BCUT2D eigenvalue weighted by Crippen LogP contribution is 2.19. The summed E-state index contributed by atoms with van der Waals surface area (Å²) in [6.07, 6.45) is 0. The molecule has 1 heterocycles. The number of rotatable bonds is 7. The highest BCUT2D eigenvalue weighted by Gasteiger charge is 2.09. The molecule has 1 aromatic heterocycles. The lowest BCUT2D eigenvalue weighted by atomic mass is 10.1. The molecule has 1 aromatic carbocycles. The minimum absolute atomic E-state index is 0. The zero-order valence-corrected chi connectivity index (χ0v) is 18.9. The SMILES string of the molecule is CN=C(NCCNC(=O)c1ccc(C)c(F)c1)NCC(C)c1cccs1.I. The summed E-state index contributed by atoms with van der Waals surface area (Å²) in [5, 5.41) is 11.3. The van der Waals surface area contributed by atoms with E-state index in [1.54, 1.807) is 37.4 Å². The molecular weight excluding hydrogens is 478 g/mol. The molecular formula is C19H26FIN4OS. The van der Waals surface area contributed by atoms with E-state index in [-0.39, 0.29) is 35.7 Å². The van der Waals surface area contributed by atoms with Crippen LogP contribution in [0.4, 0.5) is 4.39 Å². The fourth-order valence-corrected chi connectivity index (χ4v) is 3.12. The van der Waals surface area contributed by atoms with E-state index in [4.69, 9.17) is 0 Å². The molecule has 5 nitrogen and oxygen atoms in total. The number of benzene rings is 1. The molecule has 0 aliphatic heterocycles. The Labute approximate surface area is 180 Å². The summed E-state index contributed by atoms with van der Waals surface area (Å²) in [6, 6.07) is 8.64. The summed E-state index contributed by atoms with van der Waals surface area (Å²) in [5.74, 6) is 0.411. The van der Waals surface area contributed by atoms with Gasteiger partial charge in [0.15, 0.2) is 5.96 Å². The first-order chi connectivity index (χ1) is 12.5. The van der Waals surface area contributed by atoms with Crippen LogP contribution in [0.3, 0.4) is 0 Å². The number of carbonyl (C=O) groups excluding carboxylic acids is 1. The molecule has 148 valence electrons. The Kier molecular flexibility index (Phi) is 10.3. The van der Waals surface area contributed by atoms with Crippen molar-refractivity contribution in [1.82, 2.24) is 16.0 Å². The van der Waals surface area contributed by atoms with Crippen LogP contribution in [-0.2, 0) is 0 Å². The van der Waals surface area contributed by atoms with Gasteiger partial charge in [0.2, 0.25) is 0 Å². The molecule has 0 fully saturated rings. The molecule has 0 aliphatic rings. The first-order valence-electron chi connectivity index (χ1n) is 8.53. The fraction of sp³-hybridized carbons (Fsp3) is 0.368. The first-order valence-corrected chi connectivity index (χ1v) is 9.41. The largest absolute Gasteiger partial charge is 0.356 e. The summed E-state index contributed by atoms with van der Waals surface area (Å²) >= 11 is 1.74. The molecule has 0 saturated carbocycles. The number of halogens is 2. The lowest BCUT2D eigenvalue weighted by molar-refractivity contribution is 0.0954. The van der Waals surface area contributed by atoms with Gasteiger partial charge in [-0.2, -0.15) is 0 Å². The van der Waals surface area contributed by atoms with Crippen molar-refractivity contribution in [3.05, 3.63) is 57.5 Å². The van der Waals surface area contributed by atoms with Gasteiger partial charge in [-0.25, -0.2) is 4.39 Å². The molecule has 0 aliphatic carbocycles. The highest BCUT2D eigenvalue weighted by atomic mass is 127. The number of aliphatic imine (C=N–C) groups is 1. The minimum Gasteiger partial charge on any atom is -0.356 e. The molecule has 8 heteroatoms. The van der Waals surface area contributed by atoms with Crippen LogP contribution in [0, 0.1) is 12.7 Å². The second-order valence-corrected chi connectivity index (χ2v) is 7.00. The Morgan fingerprint density at radius 3 is 2.59 bits per heavy atom. The second kappa shape index (κ2) is 11.9. The van der Waals surface area contributed by atoms with Crippen LogP contribution in [0.25, 0.3) is 0 Å². The van der Waals surface area contributed by atoms with Crippen molar-refractivity contribution in [2.45, 2.75) is 19.8 Å². The second-order valence-electron chi connectivity index (χ2n) is 6.02. The van der Waals surface area contributed by atoms with E-state index in [0.29, 0.717) is 36.1 Å². The number of hydrogen-bond donors (Lipinski definition) is 3. The molecule has 0 radical (unpaired) electrons. The summed E-state index contributed by atoms with van der Waals surface area (Å²) in [4.78, 5) is 17.5. The average molecular weight is 504 g/mol. The average Bonchev–Trinajstić information content (AvgIpc) is 3.17. The van der Waals surface area contributed by atoms with E-state index in [1.807, 2.05) is 6.07 Å². The Balaban J connectivity index is 0.00000364. The van der Waals surface area contributed by atoms with Crippen molar-refractivity contribution in [3.63, 3.8) is 0 Å². The molecule has 3 N–H and O–H groups in total. The first kappa shape index (κ1) is 23.4. The Hall–Kier alpha value is -1.68. The van der Waals surface area contributed by atoms with E-state index in [2.05, 4.69) is 39.3 Å². The molecule has 0 bridgehead atoms. The molecule has 1 amide bonds. The number of nitrogens with zero attached hydrogens (tertiary/aromatic N) is 1. The number of carbonyl (C=O) groups is 1. The third-order valence-corrected chi connectivity index (χ3v) is 5.07. The number of guanidine groups is 1. The predicted molar refractivity (Wildman–Crippen MR) is 121 cm³/mol. The maximum absolute atomic E-state index is 13.5. The topological polar surface area (TPSA) is 65.5 Å². The van der Waals surface area contributed by atoms with Crippen molar-refractivity contribution in [2.24, 2.45) is 4.99 Å². The Bertz CT molecular complexity index is 752. The van der Waals surface area contributed by atoms with Gasteiger partial charge < -0.3 is 16.0 Å². The molecule has 2 rings (SSSR count). The molecule has 1 atom stereocenters. The molecule has 0 spiro atoms. The van der Waals surface area contributed by atoms with Crippen LogP contribution >= 0.6 is 35.3 Å². The van der Waals surface area contributed by atoms with E-state index < -0.39 is 0 Å². The van der Waals surface area contributed by atoms with Crippen LogP contribution in [0.5, 0.6) is 0 Å². The van der Waals surface area contributed by atoms with Gasteiger partial charge >= 0.3 is 0 Å². The number of hydrogen-bond acceptors (Lipinski definition) is 3. The van der Waals surface area contributed by atoms with E-state index in [9.17, 15) is 9.18 Å². The van der Waals surface area contributed by atoms with E-state index in [1.165, 1.54) is 10.9 Å². The lowest BCUT2D eigenvalue weighted by Crippen LogP contribution is -2.42. The van der Waals surface area contributed by atoms with Gasteiger partial charge in [-0.15, -0.1) is 35.3 Å². The van der Waals surface area contributed by atoms with Crippen molar-refractivity contribution in [2.75, 3.05) is 26.7 Å². The number of nitrogens with one attached hydrogen (secondary N) is 3. The van der Waals surface area contributed by atoms with Crippen LogP contribution in [0.2, 0.25) is 0 Å². The molecule has 0 saturated heterocycles. The smallest absolute Gasteiger partial charge is 0.251 e. The number of aryl methyl sites for hydroxylation is 1. The minimum atomic E-state index is -0.375. The van der Waals surface area contributed by atoms with Gasteiger partial charge in [-0.05, 0) is 36.1 Å². The van der Waals surface area contributed by atoms with Crippen molar-refractivity contribution < 1.29 is 9.18 Å². The third kappa shape index (κ3) is 7.45. The van der Waals surface area contributed by atoms with Crippen molar-refractivity contribution in [3.8, 4) is 0 Å². The van der Waals surface area contributed by atoms with Crippen molar-refractivity contribution in [1.29, 1.82) is 0 Å². The summed E-state index contributed by atoms with van der Waals surface area (Å²) in [5.41, 5.74) is 0.843. The van der Waals surface area contributed by atoms with Crippen LogP contribution in [-0.4, -0.2) is 38.5 Å². The summed E-state index contributed by atoms with van der Waals surface area (Å²) in [7, 11) is 1.71. The van der Waals surface area contributed by atoms with Gasteiger partial charge in [-0.3, -0.25) is 9.79 Å². The fourth-order valence-electron chi connectivity index (χ4n) is 2.34. The van der Waals surface area contributed by atoms with Crippen LogP contribution in [0.1, 0.15) is 33.6 Å². The third-order valence-electron chi connectivity index (χ3n) is 3.97. The highest BCUT2D eigenvalue weighted by molar-refractivity contribution is 14.0.